The van der Waals surface area contributed by atoms with E-state index in [9.17, 15) is 22.8 Å². The normalized spacial score (nSPS) is 25.1. The van der Waals surface area contributed by atoms with Gasteiger partial charge in [-0.1, -0.05) is 18.2 Å². The van der Waals surface area contributed by atoms with E-state index in [2.05, 4.69) is 14.9 Å². The Morgan fingerprint density at radius 3 is 2.40 bits per heavy atom. The van der Waals surface area contributed by atoms with Crippen molar-refractivity contribution in [3.63, 3.8) is 0 Å². The van der Waals surface area contributed by atoms with Crippen LogP contribution in [0.15, 0.2) is 46.2 Å². The van der Waals surface area contributed by atoms with Crippen LogP contribution in [0.25, 0.3) is 11.3 Å². The Labute approximate surface area is 290 Å². The Morgan fingerprint density at radius 2 is 1.76 bits per heavy atom. The van der Waals surface area contributed by atoms with E-state index < -0.39 is 43.6 Å². The highest BCUT2D eigenvalue weighted by Gasteiger charge is 2.58. The minimum atomic E-state index is -4.02. The predicted molar refractivity (Wildman–Crippen MR) is 184 cm³/mol. The zero-order valence-corrected chi connectivity index (χ0v) is 29.3. The average Bonchev–Trinajstić information content (AvgIpc) is 3.96. The highest BCUT2D eigenvalue weighted by atomic mass is 32.2. The summed E-state index contributed by atoms with van der Waals surface area (Å²) in [6, 6.07) is 7.52. The van der Waals surface area contributed by atoms with Crippen LogP contribution in [0, 0.1) is 0 Å². The molecule has 2 bridgehead atoms. The van der Waals surface area contributed by atoms with Crippen molar-refractivity contribution >= 4 is 27.2 Å². The minimum absolute atomic E-state index is 0. The second-order valence-corrected chi connectivity index (χ2v) is 16.8. The molecule has 1 amide bonds. The first kappa shape index (κ1) is 33.1. The summed E-state index contributed by atoms with van der Waals surface area (Å²) in [6.07, 6.45) is 7.96. The van der Waals surface area contributed by atoms with E-state index in [-0.39, 0.29) is 44.7 Å². The molecule has 15 heteroatoms. The summed E-state index contributed by atoms with van der Waals surface area (Å²) in [5, 5.41) is 8.60. The van der Waals surface area contributed by atoms with Gasteiger partial charge >= 0.3 is 5.69 Å². The van der Waals surface area contributed by atoms with Crippen molar-refractivity contribution in [3.8, 4) is 5.75 Å². The Morgan fingerprint density at radius 1 is 1.08 bits per heavy atom. The largest absolute Gasteiger partial charge is 0.496 e. The third-order valence-corrected chi connectivity index (χ3v) is 13.5. The van der Waals surface area contributed by atoms with Gasteiger partial charge < -0.3 is 14.2 Å². The van der Waals surface area contributed by atoms with Gasteiger partial charge in [0.05, 0.1) is 60.4 Å². The van der Waals surface area contributed by atoms with Crippen molar-refractivity contribution in [2.24, 2.45) is 0 Å². The number of ether oxygens (including phenoxy) is 3. The van der Waals surface area contributed by atoms with Gasteiger partial charge in [0.2, 0.25) is 10.0 Å². The van der Waals surface area contributed by atoms with E-state index in [1.807, 2.05) is 24.3 Å². The molecule has 2 saturated heterocycles. The van der Waals surface area contributed by atoms with Crippen molar-refractivity contribution in [3.05, 3.63) is 74.3 Å². The summed E-state index contributed by atoms with van der Waals surface area (Å²) in [5.41, 5.74) is -0.130. The standard InChI is InChI=1S/C35H42N6O8S.H2/c1-21-26(41-36-16-17-37-41)10-11-27-30(21)31(42)40(35(14-15-35)32(43)38-50(45,46)34(2)12-13-34)33(44)39(27)20-29(25-6-4-5-7-28(25)47-3)49-24-18-22-8-9-23(19-24)48-22;/h4-7,16-17,22-24,29H,8-15,18-20H2,1-3H3,(H,38,43);1H/t22-,23+,24?,29-;/m0./s1. The summed E-state index contributed by atoms with van der Waals surface area (Å²) in [4.78, 5) is 44.8. The number of sulfonamides is 1. The van der Waals surface area contributed by atoms with Crippen LogP contribution in [-0.4, -0.2) is 68.6 Å². The molecule has 3 aromatic rings. The number of amides is 1. The van der Waals surface area contributed by atoms with E-state index in [1.54, 1.807) is 37.9 Å². The number of hydrogen-bond donors (Lipinski definition) is 1. The van der Waals surface area contributed by atoms with E-state index >= 15 is 0 Å². The van der Waals surface area contributed by atoms with Gasteiger partial charge in [-0.05, 0) is 89.7 Å². The molecule has 8 rings (SSSR count). The molecule has 2 aliphatic heterocycles. The summed E-state index contributed by atoms with van der Waals surface area (Å²) in [6.45, 7) is 3.41. The first-order valence-electron chi connectivity index (χ1n) is 17.4. The molecule has 3 aliphatic carbocycles. The van der Waals surface area contributed by atoms with Crippen LogP contribution in [0.2, 0.25) is 0 Å². The predicted octanol–water partition coefficient (Wildman–Crippen LogP) is 3.15. The van der Waals surface area contributed by atoms with Crippen LogP contribution in [0.1, 0.15) is 96.0 Å². The van der Waals surface area contributed by atoms with Crippen molar-refractivity contribution in [2.45, 2.75) is 119 Å². The number of aromatic nitrogens is 5. The minimum Gasteiger partial charge on any atom is -0.496 e. The molecule has 14 nitrogen and oxygen atoms in total. The van der Waals surface area contributed by atoms with Crippen LogP contribution in [0.3, 0.4) is 0 Å². The lowest BCUT2D eigenvalue weighted by atomic mass is 9.93. The van der Waals surface area contributed by atoms with Crippen LogP contribution in [0.4, 0.5) is 0 Å². The number of carbonyl (C=O) groups is 1. The fourth-order valence-electron chi connectivity index (χ4n) is 7.99. The molecule has 268 valence electrons. The van der Waals surface area contributed by atoms with Crippen molar-refractivity contribution < 1.29 is 28.8 Å². The SMILES string of the molecule is COc1ccccc1[C@H](Cn1c2c(c(=O)n(C3(C(=O)NS(=O)(=O)C4(C)CC4)CC3)c1=O)C(C)=C(n1nccn1)CC2)OC1C[C@H]2CC[C@@H](C1)O2.[HH]. The number of allylic oxidation sites excluding steroid dienone is 2. The van der Waals surface area contributed by atoms with Gasteiger partial charge in [0.25, 0.3) is 11.5 Å². The molecule has 1 unspecified atom stereocenters. The smallest absolute Gasteiger partial charge is 0.332 e. The van der Waals surface area contributed by atoms with Crippen LogP contribution in [-0.2, 0) is 42.8 Å². The van der Waals surface area contributed by atoms with Gasteiger partial charge in [-0.3, -0.25) is 18.9 Å². The fraction of sp³-hybridized carbons (Fsp3) is 0.571. The summed E-state index contributed by atoms with van der Waals surface area (Å²) in [7, 11) is -2.43. The van der Waals surface area contributed by atoms with E-state index in [0.717, 1.165) is 35.8 Å². The number of nitrogens with zero attached hydrogens (tertiary/aromatic N) is 5. The number of carbonyl (C=O) groups excluding carboxylic acids is 1. The fourth-order valence-corrected chi connectivity index (χ4v) is 9.31. The highest BCUT2D eigenvalue weighted by Crippen LogP contribution is 2.46. The molecule has 2 saturated carbocycles. The van der Waals surface area contributed by atoms with Gasteiger partial charge in [0.15, 0.2) is 0 Å². The lowest BCUT2D eigenvalue weighted by Gasteiger charge is -2.33. The number of nitrogens with one attached hydrogen (secondary N) is 1. The molecule has 4 atom stereocenters. The topological polar surface area (TPSA) is 166 Å². The monoisotopic (exact) mass is 708 g/mol. The number of fused-ring (bicyclic) bond motifs is 3. The molecule has 0 radical (unpaired) electrons. The maximum absolute atomic E-state index is 14.8. The van der Waals surface area contributed by atoms with Crippen LogP contribution in [0.5, 0.6) is 5.75 Å². The first-order chi connectivity index (χ1) is 23.9. The van der Waals surface area contributed by atoms with Crippen LogP contribution < -0.4 is 20.7 Å². The third kappa shape index (κ3) is 5.44. The lowest BCUT2D eigenvalue weighted by molar-refractivity contribution is -0.124. The maximum Gasteiger partial charge on any atom is 0.332 e. The van der Waals surface area contributed by atoms with Gasteiger partial charge in [-0.25, -0.2) is 17.8 Å². The Bertz CT molecular complexity index is 2110. The quantitative estimate of drug-likeness (QED) is 0.313. The number of para-hydroxylation sites is 1. The third-order valence-electron chi connectivity index (χ3n) is 11.4. The van der Waals surface area contributed by atoms with E-state index in [0.29, 0.717) is 48.4 Å². The molecule has 2 aromatic heterocycles. The Hall–Kier alpha value is -4.08. The summed E-state index contributed by atoms with van der Waals surface area (Å²) >= 11 is 0. The van der Waals surface area contributed by atoms with Crippen molar-refractivity contribution in [1.29, 1.82) is 0 Å². The van der Waals surface area contributed by atoms with Crippen LogP contribution >= 0.6 is 0 Å². The van der Waals surface area contributed by atoms with Crippen molar-refractivity contribution in [1.82, 2.24) is 28.9 Å². The second-order valence-electron chi connectivity index (χ2n) is 14.6. The number of benzene rings is 1. The molecule has 4 heterocycles. The van der Waals surface area contributed by atoms with Gasteiger partial charge in [-0.2, -0.15) is 15.0 Å². The van der Waals surface area contributed by atoms with Gasteiger partial charge in [0.1, 0.15) is 17.4 Å². The molecule has 4 fully saturated rings. The zero-order valence-electron chi connectivity index (χ0n) is 28.5. The van der Waals surface area contributed by atoms with E-state index in [1.165, 1.54) is 4.80 Å². The van der Waals surface area contributed by atoms with Gasteiger partial charge in [-0.15, -0.1) is 0 Å². The number of hydrogen-bond acceptors (Lipinski definition) is 10. The number of rotatable bonds is 11. The number of methoxy groups -OCH3 is 1. The lowest BCUT2D eigenvalue weighted by Crippen LogP contribution is -2.55. The van der Waals surface area contributed by atoms with Crippen molar-refractivity contribution in [2.75, 3.05) is 7.11 Å². The Kier molecular flexibility index (Phi) is 7.95. The highest BCUT2D eigenvalue weighted by molar-refractivity contribution is 7.91. The molecule has 1 aromatic carbocycles. The summed E-state index contributed by atoms with van der Waals surface area (Å²) < 4.78 is 48.8. The van der Waals surface area contributed by atoms with Gasteiger partial charge in [0, 0.05) is 12.7 Å². The second kappa shape index (κ2) is 12.0. The Balaban J connectivity index is 0.00000406. The summed E-state index contributed by atoms with van der Waals surface area (Å²) in [5.74, 6) is -0.263. The molecule has 1 N–H and O–H groups in total. The molecule has 0 spiro atoms. The molecular formula is C35H44N6O8S. The average molecular weight is 709 g/mol. The zero-order chi connectivity index (χ0) is 35.0. The first-order valence-corrected chi connectivity index (χ1v) is 18.9. The van der Waals surface area contributed by atoms with E-state index in [4.69, 9.17) is 14.2 Å². The maximum atomic E-state index is 14.8. The molecule has 5 aliphatic rings. The molecular weight excluding hydrogens is 664 g/mol. The molecule has 50 heavy (non-hydrogen) atoms.